The summed E-state index contributed by atoms with van der Waals surface area (Å²) in [7, 11) is 3.01. The number of aliphatic hydroxyl groups is 1. The van der Waals surface area contributed by atoms with Gasteiger partial charge in [-0.2, -0.15) is 0 Å². The van der Waals surface area contributed by atoms with E-state index < -0.39 is 0 Å². The molecule has 4 N–H and O–H groups in total. The molecule has 0 saturated heterocycles. The molecule has 8 nitrogen and oxygen atoms in total. The van der Waals surface area contributed by atoms with Gasteiger partial charge in [0.1, 0.15) is 5.52 Å². The molecule has 0 fully saturated rings. The van der Waals surface area contributed by atoms with E-state index in [0.29, 0.717) is 17.7 Å². The molecule has 2 aromatic rings. The van der Waals surface area contributed by atoms with Crippen LogP contribution in [0.2, 0.25) is 0 Å². The van der Waals surface area contributed by atoms with Gasteiger partial charge in [-0.1, -0.05) is 0 Å². The number of hydrogen-bond acceptors (Lipinski definition) is 5. The van der Waals surface area contributed by atoms with Crippen LogP contribution in [-0.4, -0.2) is 37.4 Å². The lowest BCUT2D eigenvalue weighted by Gasteiger charge is -2.00. The number of H-pyrrole nitrogens is 1. The van der Waals surface area contributed by atoms with Crippen LogP contribution in [0.3, 0.4) is 0 Å². The smallest absolute Gasteiger partial charge is 0.332 e. The molecule has 0 saturated carbocycles. The van der Waals surface area contributed by atoms with Crippen LogP contribution >= 0.6 is 0 Å². The first-order valence-corrected chi connectivity index (χ1v) is 4.94. The number of rotatable bonds is 1. The first-order valence-electron chi connectivity index (χ1n) is 4.94. The first-order chi connectivity index (χ1) is 8.04. The van der Waals surface area contributed by atoms with Gasteiger partial charge in [0.25, 0.3) is 5.56 Å². The van der Waals surface area contributed by atoms with E-state index in [1.54, 1.807) is 7.05 Å². The molecule has 0 aliphatic heterocycles. The number of aromatic nitrogens is 4. The molecule has 0 aromatic carbocycles. The number of fused-ring (bicyclic) bond motifs is 1. The van der Waals surface area contributed by atoms with Crippen molar-refractivity contribution in [2.75, 3.05) is 13.2 Å². The van der Waals surface area contributed by atoms with Crippen LogP contribution in [0.15, 0.2) is 15.9 Å². The van der Waals surface area contributed by atoms with Gasteiger partial charge < -0.3 is 15.8 Å². The van der Waals surface area contributed by atoms with Crippen LogP contribution in [0.1, 0.15) is 0 Å². The monoisotopic (exact) mass is 241 g/mol. The molecule has 0 spiro atoms. The average molecular weight is 241 g/mol. The zero-order valence-corrected chi connectivity index (χ0v) is 9.67. The predicted molar refractivity (Wildman–Crippen MR) is 62.7 cm³/mol. The summed E-state index contributed by atoms with van der Waals surface area (Å²) in [5, 5.41) is 7.75. The van der Waals surface area contributed by atoms with Crippen molar-refractivity contribution in [3.63, 3.8) is 0 Å². The second-order valence-electron chi connectivity index (χ2n) is 3.32. The number of nitrogens with two attached hydrogens (primary N) is 1. The Morgan fingerprint density at radius 1 is 1.41 bits per heavy atom. The third-order valence-electron chi connectivity index (χ3n) is 2.16. The SMILES string of the molecule is Cn1c(=O)c2[nH]cnc2n(C)c1=O.NCCO. The number of hydrogen-bond donors (Lipinski definition) is 3. The summed E-state index contributed by atoms with van der Waals surface area (Å²) >= 11 is 0. The molecule has 2 aromatic heterocycles. The van der Waals surface area contributed by atoms with E-state index in [1.807, 2.05) is 0 Å². The average Bonchev–Trinajstić information content (AvgIpc) is 2.83. The maximum atomic E-state index is 11.4. The first kappa shape index (κ1) is 13.1. The van der Waals surface area contributed by atoms with Gasteiger partial charge in [-0.3, -0.25) is 13.9 Å². The predicted octanol–water partition coefficient (Wildman–Crippen LogP) is -2.10. The molecular weight excluding hydrogens is 226 g/mol. The van der Waals surface area contributed by atoms with Crippen LogP contribution in [-0.2, 0) is 14.1 Å². The van der Waals surface area contributed by atoms with Gasteiger partial charge in [0.2, 0.25) is 0 Å². The molecule has 17 heavy (non-hydrogen) atoms. The van der Waals surface area contributed by atoms with Gasteiger partial charge in [0.05, 0.1) is 12.9 Å². The van der Waals surface area contributed by atoms with Crippen LogP contribution in [0.25, 0.3) is 11.2 Å². The van der Waals surface area contributed by atoms with Crippen molar-refractivity contribution >= 4 is 11.2 Å². The third kappa shape index (κ3) is 2.43. The Kier molecular flexibility index (Phi) is 4.18. The van der Waals surface area contributed by atoms with Gasteiger partial charge >= 0.3 is 5.69 Å². The molecule has 2 rings (SSSR count). The van der Waals surface area contributed by atoms with Crippen LogP contribution in [0.5, 0.6) is 0 Å². The second-order valence-corrected chi connectivity index (χ2v) is 3.32. The summed E-state index contributed by atoms with van der Waals surface area (Å²) in [5.41, 5.74) is 4.79. The highest BCUT2D eigenvalue weighted by Gasteiger charge is 2.08. The van der Waals surface area contributed by atoms with E-state index in [-0.39, 0.29) is 17.9 Å². The Morgan fingerprint density at radius 3 is 2.53 bits per heavy atom. The van der Waals surface area contributed by atoms with E-state index in [9.17, 15) is 9.59 Å². The molecule has 0 amide bonds. The number of aliphatic hydroxyl groups excluding tert-OH is 1. The fraction of sp³-hybridized carbons (Fsp3) is 0.444. The molecule has 0 atom stereocenters. The van der Waals surface area contributed by atoms with Crippen molar-refractivity contribution in [1.29, 1.82) is 0 Å². The van der Waals surface area contributed by atoms with E-state index in [2.05, 4.69) is 9.97 Å². The zero-order chi connectivity index (χ0) is 13.0. The lowest BCUT2D eigenvalue weighted by atomic mass is 10.5. The lowest BCUT2D eigenvalue weighted by molar-refractivity contribution is 0.306. The Hall–Kier alpha value is -1.93. The maximum absolute atomic E-state index is 11.4. The highest BCUT2D eigenvalue weighted by molar-refractivity contribution is 5.68. The molecule has 0 radical (unpaired) electrons. The van der Waals surface area contributed by atoms with E-state index >= 15 is 0 Å². The Labute approximate surface area is 96.3 Å². The Morgan fingerprint density at radius 2 is 2.00 bits per heavy atom. The van der Waals surface area contributed by atoms with E-state index in [4.69, 9.17) is 10.8 Å². The normalized spacial score (nSPS) is 10.1. The molecule has 8 heteroatoms. The minimum absolute atomic E-state index is 0.0972. The highest BCUT2D eigenvalue weighted by Crippen LogP contribution is 1.97. The molecular formula is C9H15N5O3. The molecule has 94 valence electrons. The maximum Gasteiger partial charge on any atom is 0.332 e. The van der Waals surface area contributed by atoms with E-state index in [0.717, 1.165) is 4.57 Å². The summed E-state index contributed by atoms with van der Waals surface area (Å²) in [5.74, 6) is 0. The van der Waals surface area contributed by atoms with Crippen LogP contribution < -0.4 is 17.0 Å². The van der Waals surface area contributed by atoms with Crippen molar-refractivity contribution in [3.05, 3.63) is 27.2 Å². The number of nitrogens with one attached hydrogen (secondary N) is 1. The van der Waals surface area contributed by atoms with Gasteiger partial charge in [0.15, 0.2) is 5.65 Å². The quantitative estimate of drug-likeness (QED) is 0.528. The number of aryl methyl sites for hydroxylation is 1. The van der Waals surface area contributed by atoms with Gasteiger partial charge in [-0.05, 0) is 0 Å². The van der Waals surface area contributed by atoms with Crippen molar-refractivity contribution in [3.8, 4) is 0 Å². The molecule has 0 aliphatic carbocycles. The molecule has 0 bridgehead atoms. The summed E-state index contributed by atoms with van der Waals surface area (Å²) < 4.78 is 2.37. The molecule has 2 heterocycles. The van der Waals surface area contributed by atoms with Gasteiger partial charge in [0, 0.05) is 20.6 Å². The van der Waals surface area contributed by atoms with E-state index in [1.165, 1.54) is 17.9 Å². The fourth-order valence-corrected chi connectivity index (χ4v) is 1.27. The summed E-state index contributed by atoms with van der Waals surface area (Å²) in [6.07, 6.45) is 1.39. The number of nitrogens with zero attached hydrogens (tertiary/aromatic N) is 3. The highest BCUT2D eigenvalue weighted by atomic mass is 16.3. The van der Waals surface area contributed by atoms with Crippen LogP contribution in [0, 0.1) is 0 Å². The van der Waals surface area contributed by atoms with Crippen molar-refractivity contribution < 1.29 is 5.11 Å². The molecule has 0 aliphatic rings. The number of imidazole rings is 1. The van der Waals surface area contributed by atoms with Crippen molar-refractivity contribution in [2.45, 2.75) is 0 Å². The largest absolute Gasteiger partial charge is 0.395 e. The standard InChI is InChI=1S/C7H8N4O2.C2H7NO/c1-10-5-4(8-3-9-5)6(12)11(2)7(10)13;3-1-2-4/h3H,1-2H3,(H,8,9);4H,1-3H2. The van der Waals surface area contributed by atoms with Crippen molar-refractivity contribution in [1.82, 2.24) is 19.1 Å². The fourth-order valence-electron chi connectivity index (χ4n) is 1.27. The zero-order valence-electron chi connectivity index (χ0n) is 9.67. The minimum Gasteiger partial charge on any atom is -0.395 e. The van der Waals surface area contributed by atoms with Gasteiger partial charge in [-0.15, -0.1) is 0 Å². The van der Waals surface area contributed by atoms with Gasteiger partial charge in [-0.25, -0.2) is 9.78 Å². The second kappa shape index (κ2) is 5.41. The topological polar surface area (TPSA) is 119 Å². The summed E-state index contributed by atoms with van der Waals surface area (Å²) in [4.78, 5) is 29.4. The Bertz CT molecular complexity index is 607. The molecule has 0 unspecified atom stereocenters. The van der Waals surface area contributed by atoms with Crippen LogP contribution in [0.4, 0.5) is 0 Å². The summed E-state index contributed by atoms with van der Waals surface area (Å²) in [6.45, 7) is 0.472. The van der Waals surface area contributed by atoms with Crippen molar-refractivity contribution in [2.24, 2.45) is 19.8 Å². The summed E-state index contributed by atoms with van der Waals surface area (Å²) in [6, 6.07) is 0. The lowest BCUT2D eigenvalue weighted by Crippen LogP contribution is -2.36. The Balaban J connectivity index is 0.000000317. The number of aromatic amines is 1. The minimum atomic E-state index is -0.371. The third-order valence-corrected chi connectivity index (χ3v) is 2.16.